The number of ether oxygens (including phenoxy) is 2. The minimum absolute atomic E-state index is 0.246. The normalized spacial score (nSPS) is 11.0. The molecule has 0 aliphatic heterocycles. The summed E-state index contributed by atoms with van der Waals surface area (Å²) in [4.78, 5) is 37.8. The molecule has 0 N–H and O–H groups in total. The minimum Gasteiger partial charge on any atom is -0.494 e. The Morgan fingerprint density at radius 2 is 1.17 bits per heavy atom. The lowest BCUT2D eigenvalue weighted by Crippen LogP contribution is -2.20. The molecule has 2 aromatic carbocycles. The summed E-state index contributed by atoms with van der Waals surface area (Å²) in [5.74, 6) is 0.340. The Labute approximate surface area is 170 Å². The molecule has 0 amide bonds. The molecule has 2 aromatic heterocycles. The van der Waals surface area contributed by atoms with Crippen LogP contribution < -0.4 is 20.7 Å². The summed E-state index contributed by atoms with van der Waals surface area (Å²) >= 11 is 0. The smallest absolute Gasteiger partial charge is 0.347 e. The Balaban J connectivity index is 1.78. The van der Waals surface area contributed by atoms with E-state index >= 15 is 0 Å². The van der Waals surface area contributed by atoms with Gasteiger partial charge in [0.15, 0.2) is 0 Å². The van der Waals surface area contributed by atoms with Gasteiger partial charge in [0.05, 0.1) is 13.2 Å². The number of carbonyl (C=O) groups excluding carboxylic acids is 1. The summed E-state index contributed by atoms with van der Waals surface area (Å²) in [5.41, 5.74) is -1.60. The number of benzene rings is 2. The number of rotatable bonds is 6. The van der Waals surface area contributed by atoms with Crippen molar-refractivity contribution in [3.8, 4) is 11.5 Å². The highest BCUT2D eigenvalue weighted by atomic mass is 16.5. The molecule has 0 aliphatic carbocycles. The molecule has 0 aliphatic rings. The zero-order chi connectivity index (χ0) is 21.3. The summed E-state index contributed by atoms with van der Waals surface area (Å²) in [6, 6.07) is 12.7. The second-order valence-electron chi connectivity index (χ2n) is 6.49. The summed E-state index contributed by atoms with van der Waals surface area (Å²) in [7, 11) is 0. The van der Waals surface area contributed by atoms with Gasteiger partial charge in [-0.15, -0.1) is 0 Å². The van der Waals surface area contributed by atoms with Gasteiger partial charge >= 0.3 is 11.3 Å². The van der Waals surface area contributed by atoms with E-state index in [1.54, 1.807) is 36.4 Å². The van der Waals surface area contributed by atoms with Crippen molar-refractivity contribution in [2.45, 2.75) is 13.8 Å². The summed E-state index contributed by atoms with van der Waals surface area (Å²) < 4.78 is 21.4. The third kappa shape index (κ3) is 3.57. The molecule has 152 valence electrons. The molecule has 30 heavy (non-hydrogen) atoms. The Hall–Kier alpha value is -3.87. The second-order valence-corrected chi connectivity index (χ2v) is 6.49. The lowest BCUT2D eigenvalue weighted by atomic mass is 10.0. The van der Waals surface area contributed by atoms with Crippen LogP contribution in [0.5, 0.6) is 11.5 Å². The number of hydrogen-bond donors (Lipinski definition) is 0. The van der Waals surface area contributed by atoms with E-state index in [4.69, 9.17) is 18.3 Å². The van der Waals surface area contributed by atoms with Gasteiger partial charge in [0.2, 0.25) is 5.78 Å². The molecule has 0 fully saturated rings. The molecule has 0 radical (unpaired) electrons. The molecule has 0 unspecified atom stereocenters. The van der Waals surface area contributed by atoms with Crippen molar-refractivity contribution in [3.63, 3.8) is 0 Å². The van der Waals surface area contributed by atoms with Gasteiger partial charge in [-0.1, -0.05) is 0 Å². The Morgan fingerprint density at radius 3 is 1.57 bits per heavy atom. The van der Waals surface area contributed by atoms with Crippen LogP contribution in [0.2, 0.25) is 0 Å². The largest absolute Gasteiger partial charge is 0.494 e. The maximum absolute atomic E-state index is 12.9. The lowest BCUT2D eigenvalue weighted by molar-refractivity contribution is 0.103. The molecule has 0 atom stereocenters. The molecule has 0 saturated heterocycles. The molecule has 4 rings (SSSR count). The van der Waals surface area contributed by atoms with E-state index in [1.807, 2.05) is 13.8 Å². The van der Waals surface area contributed by atoms with Gasteiger partial charge in [-0.3, -0.25) is 4.79 Å². The Bertz CT molecular complexity index is 1270. The first-order chi connectivity index (χ1) is 14.5. The number of ketones is 1. The number of fused-ring (bicyclic) bond motifs is 2. The predicted molar refractivity (Wildman–Crippen MR) is 111 cm³/mol. The van der Waals surface area contributed by atoms with Crippen LogP contribution in [0.1, 0.15) is 29.8 Å². The lowest BCUT2D eigenvalue weighted by Gasteiger charge is -2.06. The van der Waals surface area contributed by atoms with Crippen LogP contribution >= 0.6 is 0 Å². The van der Waals surface area contributed by atoms with Gasteiger partial charge < -0.3 is 18.3 Å². The molecular weight excluding hydrogens is 388 g/mol. The van der Waals surface area contributed by atoms with Crippen LogP contribution in [-0.2, 0) is 0 Å². The highest BCUT2D eigenvalue weighted by molar-refractivity contribution is 6.10. The number of hydrogen-bond acceptors (Lipinski definition) is 7. The third-order valence-corrected chi connectivity index (χ3v) is 4.53. The maximum Gasteiger partial charge on any atom is 0.347 e. The topological polar surface area (TPSA) is 96.0 Å². The van der Waals surface area contributed by atoms with Crippen LogP contribution in [0.15, 0.2) is 67.0 Å². The molecule has 4 aromatic rings. The first-order valence-corrected chi connectivity index (χ1v) is 9.46. The zero-order valence-corrected chi connectivity index (χ0v) is 16.4. The molecule has 2 heterocycles. The van der Waals surface area contributed by atoms with Crippen molar-refractivity contribution in [2.75, 3.05) is 13.2 Å². The van der Waals surface area contributed by atoms with Crippen molar-refractivity contribution in [2.24, 2.45) is 0 Å². The van der Waals surface area contributed by atoms with Crippen LogP contribution in [0.3, 0.4) is 0 Å². The van der Waals surface area contributed by atoms with Crippen molar-refractivity contribution >= 4 is 27.7 Å². The summed E-state index contributed by atoms with van der Waals surface area (Å²) in [6.45, 7) is 4.62. The van der Waals surface area contributed by atoms with E-state index in [9.17, 15) is 14.4 Å². The van der Waals surface area contributed by atoms with Crippen molar-refractivity contribution in [1.29, 1.82) is 0 Å². The van der Waals surface area contributed by atoms with Gasteiger partial charge in [0.1, 0.15) is 33.8 Å². The van der Waals surface area contributed by atoms with Crippen LogP contribution in [-0.4, -0.2) is 19.0 Å². The minimum atomic E-state index is -0.840. The first kappa shape index (κ1) is 19.4. The van der Waals surface area contributed by atoms with E-state index in [2.05, 4.69) is 0 Å². The fourth-order valence-corrected chi connectivity index (χ4v) is 3.16. The fraction of sp³-hybridized carbons (Fsp3) is 0.174. The van der Waals surface area contributed by atoms with Gasteiger partial charge in [-0.2, -0.15) is 0 Å². The SMILES string of the molecule is CCOc1ccc2cc(C(=O)c3cc4ccc(OCC)cc4oc3=O)c(=O)oc2c1. The molecule has 0 spiro atoms. The van der Waals surface area contributed by atoms with E-state index in [0.29, 0.717) is 35.5 Å². The van der Waals surface area contributed by atoms with Crippen molar-refractivity contribution in [1.82, 2.24) is 0 Å². The molecule has 0 saturated carbocycles. The molecule has 0 bridgehead atoms. The Morgan fingerprint density at radius 1 is 0.733 bits per heavy atom. The van der Waals surface area contributed by atoms with Crippen molar-refractivity contribution in [3.05, 3.63) is 80.5 Å². The highest BCUT2D eigenvalue weighted by Gasteiger charge is 2.21. The molecule has 7 nitrogen and oxygen atoms in total. The average Bonchev–Trinajstić information content (AvgIpc) is 2.72. The second kappa shape index (κ2) is 7.87. The fourth-order valence-electron chi connectivity index (χ4n) is 3.16. The van der Waals surface area contributed by atoms with Crippen molar-refractivity contribution < 1.29 is 23.1 Å². The van der Waals surface area contributed by atoms with Gasteiger partial charge in [-0.25, -0.2) is 9.59 Å². The van der Waals surface area contributed by atoms with E-state index in [-0.39, 0.29) is 22.3 Å². The number of carbonyl (C=O) groups is 1. The predicted octanol–water partition coefficient (Wildman–Crippen LogP) is 3.93. The van der Waals surface area contributed by atoms with Crippen LogP contribution in [0.4, 0.5) is 0 Å². The highest BCUT2D eigenvalue weighted by Crippen LogP contribution is 2.23. The van der Waals surface area contributed by atoms with E-state index in [1.165, 1.54) is 12.1 Å². The maximum atomic E-state index is 12.9. The van der Waals surface area contributed by atoms with Crippen LogP contribution in [0, 0.1) is 0 Å². The standard InChI is InChI=1S/C23H18O7/c1-3-27-15-7-5-13-9-17(22(25)29-19(13)11-15)21(24)18-10-14-6-8-16(28-4-2)12-20(14)30-23(18)26/h5-12H,3-4H2,1-2H3. The van der Waals surface area contributed by atoms with E-state index in [0.717, 1.165) is 0 Å². The zero-order valence-electron chi connectivity index (χ0n) is 16.4. The average molecular weight is 406 g/mol. The molecular formula is C23H18O7. The quantitative estimate of drug-likeness (QED) is 0.354. The molecule has 7 heteroatoms. The summed E-state index contributed by atoms with van der Waals surface area (Å²) in [6.07, 6.45) is 0. The van der Waals surface area contributed by atoms with E-state index < -0.39 is 17.0 Å². The van der Waals surface area contributed by atoms with Crippen LogP contribution in [0.25, 0.3) is 21.9 Å². The third-order valence-electron chi connectivity index (χ3n) is 4.53. The summed E-state index contributed by atoms with van der Waals surface area (Å²) in [5, 5.41) is 1.07. The monoisotopic (exact) mass is 406 g/mol. The Kier molecular flexibility index (Phi) is 5.10. The first-order valence-electron chi connectivity index (χ1n) is 9.46. The van der Waals surface area contributed by atoms with Gasteiger partial charge in [-0.05, 0) is 50.2 Å². The van der Waals surface area contributed by atoms with Gasteiger partial charge in [0.25, 0.3) is 0 Å². The van der Waals surface area contributed by atoms with Gasteiger partial charge in [0, 0.05) is 22.9 Å².